The van der Waals surface area contributed by atoms with Gasteiger partial charge >= 0.3 is 0 Å². The molecule has 3 nitrogen and oxygen atoms in total. The summed E-state index contributed by atoms with van der Waals surface area (Å²) in [4.78, 5) is 2.17. The lowest BCUT2D eigenvalue weighted by molar-refractivity contribution is 0.597. The molecule has 0 aliphatic carbocycles. The number of benzene rings is 1. The van der Waals surface area contributed by atoms with E-state index in [1.54, 1.807) is 0 Å². The molecule has 1 saturated heterocycles. The van der Waals surface area contributed by atoms with E-state index in [4.69, 9.17) is 21.8 Å². The molecule has 0 spiro atoms. The van der Waals surface area contributed by atoms with Gasteiger partial charge in [-0.1, -0.05) is 23.7 Å². The minimum absolute atomic E-state index is 0.253. The van der Waals surface area contributed by atoms with E-state index >= 15 is 0 Å². The van der Waals surface area contributed by atoms with E-state index < -0.39 is 0 Å². The van der Waals surface area contributed by atoms with E-state index in [1.807, 2.05) is 24.3 Å². The van der Waals surface area contributed by atoms with E-state index in [-0.39, 0.29) is 6.04 Å². The Hall–Kier alpha value is -1.19. The summed E-state index contributed by atoms with van der Waals surface area (Å²) < 4.78 is 5.77. The molecular weight excluding hydrogens is 224 g/mol. The Labute approximate surface area is 98.8 Å². The lowest BCUT2D eigenvalue weighted by Crippen LogP contribution is -2.25. The van der Waals surface area contributed by atoms with Gasteiger partial charge in [0, 0.05) is 30.6 Å². The number of anilines is 1. The number of fused-ring (bicyclic) bond motifs is 1. The number of halogens is 1. The van der Waals surface area contributed by atoms with E-state index in [9.17, 15) is 0 Å². The number of nitrogens with two attached hydrogens (primary N) is 1. The fraction of sp³-hybridized carbons (Fsp3) is 0.333. The molecule has 2 N–H and O–H groups in total. The van der Waals surface area contributed by atoms with Gasteiger partial charge in [-0.25, -0.2) is 0 Å². The monoisotopic (exact) mass is 236 g/mol. The van der Waals surface area contributed by atoms with Crippen molar-refractivity contribution in [1.29, 1.82) is 0 Å². The maximum Gasteiger partial charge on any atom is 0.196 e. The molecule has 1 aromatic carbocycles. The molecule has 1 atom stereocenters. The molecular formula is C12H13ClN2O. The highest BCUT2D eigenvalue weighted by Gasteiger charge is 2.22. The summed E-state index contributed by atoms with van der Waals surface area (Å²) in [7, 11) is 0. The zero-order valence-corrected chi connectivity index (χ0v) is 9.57. The van der Waals surface area contributed by atoms with Crippen LogP contribution >= 0.6 is 11.6 Å². The van der Waals surface area contributed by atoms with Crippen LogP contribution in [0.15, 0.2) is 28.7 Å². The summed E-state index contributed by atoms with van der Waals surface area (Å²) >= 11 is 6.07. The van der Waals surface area contributed by atoms with Gasteiger partial charge in [-0.2, -0.15) is 0 Å². The quantitative estimate of drug-likeness (QED) is 0.828. The van der Waals surface area contributed by atoms with E-state index in [0.29, 0.717) is 5.02 Å². The maximum atomic E-state index is 6.07. The molecule has 1 unspecified atom stereocenters. The molecule has 1 aromatic heterocycles. The average Bonchev–Trinajstić information content (AvgIpc) is 2.84. The van der Waals surface area contributed by atoms with E-state index in [1.165, 1.54) is 0 Å². The Kier molecular flexibility index (Phi) is 2.30. The van der Waals surface area contributed by atoms with Gasteiger partial charge in [0.15, 0.2) is 11.5 Å². The predicted octanol–water partition coefficient (Wildman–Crippen LogP) is 2.62. The van der Waals surface area contributed by atoms with Crippen LogP contribution in [0, 0.1) is 0 Å². The van der Waals surface area contributed by atoms with Crippen LogP contribution in [-0.2, 0) is 0 Å². The molecule has 0 amide bonds. The van der Waals surface area contributed by atoms with Gasteiger partial charge in [-0.15, -0.1) is 0 Å². The lowest BCUT2D eigenvalue weighted by atomic mass is 10.2. The molecule has 84 valence electrons. The average molecular weight is 237 g/mol. The van der Waals surface area contributed by atoms with Crippen LogP contribution in [0.4, 0.5) is 5.88 Å². The summed E-state index contributed by atoms with van der Waals surface area (Å²) in [6.45, 7) is 1.82. The molecule has 0 radical (unpaired) electrons. The second-order valence-electron chi connectivity index (χ2n) is 4.24. The number of hydrogen-bond donors (Lipinski definition) is 1. The summed E-state index contributed by atoms with van der Waals surface area (Å²) in [5, 5.41) is 1.70. The third-order valence-electron chi connectivity index (χ3n) is 3.02. The maximum absolute atomic E-state index is 6.07. The minimum Gasteiger partial charge on any atom is -0.439 e. The van der Waals surface area contributed by atoms with Gasteiger partial charge in [0.05, 0.1) is 5.02 Å². The van der Waals surface area contributed by atoms with Crippen LogP contribution in [0.2, 0.25) is 5.02 Å². The fourth-order valence-corrected chi connectivity index (χ4v) is 2.38. The Morgan fingerprint density at radius 2 is 2.31 bits per heavy atom. The summed E-state index contributed by atoms with van der Waals surface area (Å²) in [6.07, 6.45) is 1.02. The third kappa shape index (κ3) is 1.56. The lowest BCUT2D eigenvalue weighted by Gasteiger charge is -2.13. The van der Waals surface area contributed by atoms with Crippen molar-refractivity contribution in [2.45, 2.75) is 12.5 Å². The van der Waals surface area contributed by atoms with Crippen LogP contribution in [0.5, 0.6) is 0 Å². The Bertz CT molecular complexity index is 523. The van der Waals surface area contributed by atoms with Crippen molar-refractivity contribution < 1.29 is 4.42 Å². The standard InChI is InChI=1S/C12H13ClN2O/c13-10-3-1-2-8-6-11(16-12(8)10)15-5-4-9(14)7-15/h1-3,6,9H,4-5,7,14H2. The normalized spacial score (nSPS) is 20.9. The SMILES string of the molecule is NC1CCN(c2cc3cccc(Cl)c3o2)C1. The molecule has 1 aliphatic heterocycles. The molecule has 2 heterocycles. The summed E-state index contributed by atoms with van der Waals surface area (Å²) in [5.74, 6) is 0.871. The first kappa shape index (κ1) is 10.00. The second kappa shape index (κ2) is 3.68. The van der Waals surface area contributed by atoms with Gasteiger partial charge < -0.3 is 15.1 Å². The highest BCUT2D eigenvalue weighted by Crippen LogP contribution is 2.32. The van der Waals surface area contributed by atoms with Gasteiger partial charge in [0.2, 0.25) is 0 Å². The Morgan fingerprint density at radius 1 is 1.44 bits per heavy atom. The molecule has 3 rings (SSSR count). The molecule has 16 heavy (non-hydrogen) atoms. The van der Waals surface area contributed by atoms with E-state index in [0.717, 1.165) is 36.4 Å². The van der Waals surface area contributed by atoms with Crippen LogP contribution in [0.25, 0.3) is 11.0 Å². The first-order chi connectivity index (χ1) is 7.74. The van der Waals surface area contributed by atoms with Gasteiger partial charge in [0.1, 0.15) is 0 Å². The first-order valence-corrected chi connectivity index (χ1v) is 5.80. The predicted molar refractivity (Wildman–Crippen MR) is 66.0 cm³/mol. The van der Waals surface area contributed by atoms with Crippen LogP contribution < -0.4 is 10.6 Å². The topological polar surface area (TPSA) is 42.4 Å². The molecule has 4 heteroatoms. The number of nitrogens with zero attached hydrogens (tertiary/aromatic N) is 1. The van der Waals surface area contributed by atoms with Crippen molar-refractivity contribution in [3.8, 4) is 0 Å². The van der Waals surface area contributed by atoms with Crippen LogP contribution in [0.3, 0.4) is 0 Å². The molecule has 0 bridgehead atoms. The largest absolute Gasteiger partial charge is 0.439 e. The van der Waals surface area contributed by atoms with Gasteiger partial charge in [-0.3, -0.25) is 0 Å². The molecule has 0 saturated carbocycles. The van der Waals surface area contributed by atoms with Crippen LogP contribution in [0.1, 0.15) is 6.42 Å². The van der Waals surface area contributed by atoms with Crippen molar-refractivity contribution in [1.82, 2.24) is 0 Å². The van der Waals surface area contributed by atoms with Gasteiger partial charge in [0.25, 0.3) is 0 Å². The highest BCUT2D eigenvalue weighted by atomic mass is 35.5. The third-order valence-corrected chi connectivity index (χ3v) is 3.32. The second-order valence-corrected chi connectivity index (χ2v) is 4.64. The highest BCUT2D eigenvalue weighted by molar-refractivity contribution is 6.34. The van der Waals surface area contributed by atoms with Crippen LogP contribution in [-0.4, -0.2) is 19.1 Å². The number of rotatable bonds is 1. The van der Waals surface area contributed by atoms with Crippen molar-refractivity contribution in [3.05, 3.63) is 29.3 Å². The molecule has 1 fully saturated rings. The van der Waals surface area contributed by atoms with E-state index in [2.05, 4.69) is 4.90 Å². The first-order valence-electron chi connectivity index (χ1n) is 5.42. The van der Waals surface area contributed by atoms with Crippen molar-refractivity contribution >= 4 is 28.5 Å². The Balaban J connectivity index is 2.02. The van der Waals surface area contributed by atoms with Gasteiger partial charge in [-0.05, 0) is 12.5 Å². The molecule has 2 aromatic rings. The van der Waals surface area contributed by atoms with Crippen molar-refractivity contribution in [2.24, 2.45) is 5.73 Å². The Morgan fingerprint density at radius 3 is 3.00 bits per heavy atom. The zero-order valence-electron chi connectivity index (χ0n) is 8.82. The van der Waals surface area contributed by atoms with Crippen molar-refractivity contribution in [2.75, 3.05) is 18.0 Å². The van der Waals surface area contributed by atoms with Crippen molar-refractivity contribution in [3.63, 3.8) is 0 Å². The summed E-state index contributed by atoms with van der Waals surface area (Å²) in [6, 6.07) is 8.06. The number of furan rings is 1. The molecule has 1 aliphatic rings. The zero-order chi connectivity index (χ0) is 11.1. The fourth-order valence-electron chi connectivity index (χ4n) is 2.16. The smallest absolute Gasteiger partial charge is 0.196 e. The number of hydrogen-bond acceptors (Lipinski definition) is 3. The minimum atomic E-state index is 0.253. The number of para-hydroxylation sites is 1. The summed E-state index contributed by atoms with van der Waals surface area (Å²) in [5.41, 5.74) is 6.64.